The molecule has 0 rings (SSSR count). The van der Waals surface area contributed by atoms with Gasteiger partial charge in [-0.1, -0.05) is 32.4 Å². The molecule has 0 saturated heterocycles. The van der Waals surface area contributed by atoms with Crippen molar-refractivity contribution in [1.29, 1.82) is 0 Å². The van der Waals surface area contributed by atoms with Gasteiger partial charge in [0.05, 0.1) is 0 Å². The van der Waals surface area contributed by atoms with Crippen molar-refractivity contribution >= 4 is 26.6 Å². The third-order valence-corrected chi connectivity index (χ3v) is 8.52. The van der Waals surface area contributed by atoms with E-state index in [4.69, 9.17) is 0 Å². The lowest BCUT2D eigenvalue weighted by molar-refractivity contribution is 0.878. The number of hydrogen-bond donors (Lipinski definition) is 0. The van der Waals surface area contributed by atoms with E-state index in [1.54, 1.807) is 0 Å². The van der Waals surface area contributed by atoms with Crippen LogP contribution in [0.15, 0.2) is 0 Å². The largest absolute Gasteiger partial charge is 0.0738 e. The molecule has 0 aromatic rings. The minimum Gasteiger partial charge on any atom is -0.0738 e. The van der Waals surface area contributed by atoms with E-state index in [0.29, 0.717) is 0 Å². The molecule has 0 saturated carbocycles. The van der Waals surface area contributed by atoms with Crippen LogP contribution in [0.1, 0.15) is 19.8 Å². The number of unbranched alkanes of at least 4 members (excludes halogenated alkanes) is 1. The molecule has 0 fully saturated rings. The van der Waals surface area contributed by atoms with Crippen molar-refractivity contribution in [3.8, 4) is 0 Å². The first-order valence-electron chi connectivity index (χ1n) is 3.06. The lowest BCUT2D eigenvalue weighted by atomic mass is 10.4. The number of rotatable bonds is 4. The van der Waals surface area contributed by atoms with Crippen molar-refractivity contribution in [2.24, 2.45) is 0 Å². The monoisotopic (exact) mass is 156 g/mol. The molecule has 0 amide bonds. The predicted molar refractivity (Wildman–Crippen MR) is 42.8 cm³/mol. The van der Waals surface area contributed by atoms with E-state index in [1.165, 1.54) is 18.9 Å². The van der Waals surface area contributed by atoms with Gasteiger partial charge in [0.2, 0.25) is 0 Å². The summed E-state index contributed by atoms with van der Waals surface area (Å²) >= 11 is 0. The first-order chi connectivity index (χ1) is 3.81. The molecule has 0 aromatic heterocycles. The maximum absolute atomic E-state index is 3.56. The maximum Gasteiger partial charge on any atom is 0.0271 e. The second kappa shape index (κ2) is 5.78. The van der Waals surface area contributed by atoms with Crippen LogP contribution in [0.25, 0.3) is 0 Å². The van der Waals surface area contributed by atoms with Crippen LogP contribution in [0.2, 0.25) is 12.6 Å². The third-order valence-electron chi connectivity index (χ3n) is 1.12. The molecule has 3 heteroatoms. The lowest BCUT2D eigenvalue weighted by Crippen LogP contribution is -2.17. The van der Waals surface area contributed by atoms with E-state index in [0.717, 1.165) is 8.55 Å². The third kappa shape index (κ3) is 4.80. The fraction of sp³-hybridized carbons (Fsp3) is 1.00. The molecule has 44 valence electrons. The Balaban J connectivity index is 2.86. The molecular weight excluding hydrogens is 144 g/mol. The topological polar surface area (TPSA) is 0 Å². The summed E-state index contributed by atoms with van der Waals surface area (Å²) in [7, 11) is 4.66. The molecule has 6 radical (unpaired) electrons. The zero-order chi connectivity index (χ0) is 6.41. The van der Waals surface area contributed by atoms with Crippen LogP contribution in [0.5, 0.6) is 0 Å². The summed E-state index contributed by atoms with van der Waals surface area (Å²) in [5.41, 5.74) is 0. The quantitative estimate of drug-likeness (QED) is 0.537. The summed E-state index contributed by atoms with van der Waals surface area (Å²) in [6, 6.07) is 1.49. The summed E-state index contributed by atoms with van der Waals surface area (Å²) in [5, 5.41) is 0. The zero-order valence-corrected chi connectivity index (χ0v) is 8.62. The Kier molecular flexibility index (Phi) is 6.25. The molecule has 0 bridgehead atoms. The van der Waals surface area contributed by atoms with E-state index in [1.807, 2.05) is 0 Å². The van der Waals surface area contributed by atoms with E-state index >= 15 is 0 Å². The summed E-state index contributed by atoms with van der Waals surface area (Å²) < 4.78 is 0. The SMILES string of the molecule is CCCC[Si](C)[Si][Si]. The van der Waals surface area contributed by atoms with Crippen LogP contribution in [0.3, 0.4) is 0 Å². The predicted octanol–water partition coefficient (Wildman–Crippen LogP) is 1.20. The number of hydrogen-bond acceptors (Lipinski definition) is 0. The Morgan fingerprint density at radius 3 is 2.62 bits per heavy atom. The van der Waals surface area contributed by atoms with Gasteiger partial charge in [0, 0.05) is 26.6 Å². The zero-order valence-electron chi connectivity index (χ0n) is 5.62. The summed E-state index contributed by atoms with van der Waals surface area (Å²) in [4.78, 5) is 0. The van der Waals surface area contributed by atoms with Crippen molar-refractivity contribution in [1.82, 2.24) is 0 Å². The van der Waals surface area contributed by atoms with Gasteiger partial charge in [-0.2, -0.15) is 0 Å². The Morgan fingerprint density at radius 2 is 2.25 bits per heavy atom. The Morgan fingerprint density at radius 1 is 1.62 bits per heavy atom. The molecule has 8 heavy (non-hydrogen) atoms. The van der Waals surface area contributed by atoms with E-state index in [2.05, 4.69) is 23.2 Å². The first-order valence-corrected chi connectivity index (χ1v) is 8.77. The van der Waals surface area contributed by atoms with Crippen LogP contribution in [0, 0.1) is 0 Å². The molecule has 0 unspecified atom stereocenters. The Hall–Kier alpha value is 0.651. The van der Waals surface area contributed by atoms with Gasteiger partial charge in [0.1, 0.15) is 0 Å². The van der Waals surface area contributed by atoms with Crippen LogP contribution >= 0.6 is 0 Å². The molecule has 0 heterocycles. The highest BCUT2D eigenvalue weighted by Crippen LogP contribution is 1.97. The first kappa shape index (κ1) is 8.65. The van der Waals surface area contributed by atoms with Crippen molar-refractivity contribution in [3.63, 3.8) is 0 Å². The molecule has 0 aliphatic heterocycles. The van der Waals surface area contributed by atoms with Crippen molar-refractivity contribution in [2.75, 3.05) is 0 Å². The summed E-state index contributed by atoms with van der Waals surface area (Å²) in [5.74, 6) is 0. The molecule has 0 nitrogen and oxygen atoms in total. The van der Waals surface area contributed by atoms with Crippen LogP contribution in [0.4, 0.5) is 0 Å². The average molecular weight is 156 g/mol. The minimum atomic E-state index is 0.0498. The van der Waals surface area contributed by atoms with E-state index in [-0.39, 0.29) is 8.31 Å². The van der Waals surface area contributed by atoms with Gasteiger partial charge in [0.15, 0.2) is 0 Å². The highest BCUT2D eigenvalue weighted by atomic mass is 29.5. The van der Waals surface area contributed by atoms with Gasteiger partial charge in [-0.25, -0.2) is 0 Å². The van der Waals surface area contributed by atoms with E-state index in [9.17, 15) is 0 Å². The van der Waals surface area contributed by atoms with Crippen molar-refractivity contribution in [3.05, 3.63) is 0 Å². The minimum absolute atomic E-state index is 0.0498. The molecule has 0 spiro atoms. The highest BCUT2D eigenvalue weighted by molar-refractivity contribution is 7.31. The van der Waals surface area contributed by atoms with Crippen LogP contribution in [-0.4, -0.2) is 26.6 Å². The van der Waals surface area contributed by atoms with Gasteiger partial charge in [-0.3, -0.25) is 0 Å². The van der Waals surface area contributed by atoms with Gasteiger partial charge in [0.25, 0.3) is 0 Å². The fourth-order valence-corrected chi connectivity index (χ4v) is 3.54. The molecule has 0 aliphatic carbocycles. The van der Waals surface area contributed by atoms with Gasteiger partial charge in [-0.15, -0.1) is 0 Å². The fourth-order valence-electron chi connectivity index (χ4n) is 0.504. The Labute approximate surface area is 59.5 Å². The molecule has 0 atom stereocenters. The van der Waals surface area contributed by atoms with Gasteiger partial charge >= 0.3 is 0 Å². The molecule has 0 aromatic carbocycles. The smallest absolute Gasteiger partial charge is 0.0271 e. The molecule has 0 aliphatic rings. The van der Waals surface area contributed by atoms with Crippen molar-refractivity contribution < 1.29 is 0 Å². The lowest BCUT2D eigenvalue weighted by Gasteiger charge is -2.01. The highest BCUT2D eigenvalue weighted by Gasteiger charge is 1.97. The van der Waals surface area contributed by atoms with E-state index < -0.39 is 0 Å². The molecular formula is C5H12Si3. The normalized spacial score (nSPS) is 10.5. The standard InChI is InChI=1S/C5H12Si3/c1-3-4-5-8(2)7-6/h3-5H2,1-2H3. The second-order valence-electron chi connectivity index (χ2n) is 2.01. The average Bonchev–Trinajstić information content (AvgIpc) is 1.83. The van der Waals surface area contributed by atoms with Crippen LogP contribution < -0.4 is 0 Å². The Bertz CT molecular complexity index is 46.9. The molecule has 0 N–H and O–H groups in total. The van der Waals surface area contributed by atoms with Gasteiger partial charge < -0.3 is 0 Å². The summed E-state index contributed by atoms with van der Waals surface area (Å²) in [6.07, 6.45) is 2.79. The van der Waals surface area contributed by atoms with Crippen LogP contribution in [-0.2, 0) is 0 Å². The second-order valence-corrected chi connectivity index (χ2v) is 9.88. The van der Waals surface area contributed by atoms with Gasteiger partial charge in [-0.05, 0) is 0 Å². The van der Waals surface area contributed by atoms with Crippen molar-refractivity contribution in [2.45, 2.75) is 32.4 Å². The maximum atomic E-state index is 3.56. The summed E-state index contributed by atoms with van der Waals surface area (Å²) in [6.45, 7) is 4.65.